The maximum absolute atomic E-state index is 11.6. The number of hydrogen-bond donors (Lipinski definition) is 1. The van der Waals surface area contributed by atoms with Crippen LogP contribution < -0.4 is 20.3 Å². The van der Waals surface area contributed by atoms with Gasteiger partial charge in [-0.1, -0.05) is 0 Å². The van der Waals surface area contributed by atoms with Crippen molar-refractivity contribution in [3.8, 4) is 5.75 Å². The lowest BCUT2D eigenvalue weighted by Gasteiger charge is -2.25. The molecule has 1 aliphatic heterocycles. The second-order valence-corrected chi connectivity index (χ2v) is 4.97. The number of nitrogens with zero attached hydrogens (tertiary/aromatic N) is 2. The third-order valence-corrected chi connectivity index (χ3v) is 3.67. The molecule has 0 saturated carbocycles. The summed E-state index contributed by atoms with van der Waals surface area (Å²) in [5.74, 6) is 0.473. The molecule has 2 rings (SSSR count). The number of anilines is 2. The molecule has 1 aromatic carbocycles. The third-order valence-electron chi connectivity index (χ3n) is 3.67. The van der Waals surface area contributed by atoms with E-state index in [9.17, 15) is 9.59 Å². The summed E-state index contributed by atoms with van der Waals surface area (Å²) in [6.07, 6.45) is 0.0244. The van der Waals surface area contributed by atoms with E-state index in [1.807, 2.05) is 0 Å². The molecule has 1 aromatic rings. The maximum Gasteiger partial charge on any atom is 0.414 e. The zero-order valence-corrected chi connectivity index (χ0v) is 13.2. The highest BCUT2D eigenvalue weighted by molar-refractivity contribution is 5.91. The van der Waals surface area contributed by atoms with Crippen LogP contribution in [0.3, 0.4) is 0 Å². The minimum atomic E-state index is -0.394. The van der Waals surface area contributed by atoms with Crippen LogP contribution in [0.2, 0.25) is 0 Å². The van der Waals surface area contributed by atoms with Gasteiger partial charge in [-0.25, -0.2) is 4.79 Å². The highest BCUT2D eigenvalue weighted by Crippen LogP contribution is 2.33. The summed E-state index contributed by atoms with van der Waals surface area (Å²) in [5.41, 5.74) is 6.83. The van der Waals surface area contributed by atoms with E-state index in [-0.39, 0.29) is 6.10 Å². The fourth-order valence-electron chi connectivity index (χ4n) is 2.36. The van der Waals surface area contributed by atoms with Gasteiger partial charge in [0.2, 0.25) is 6.41 Å². The van der Waals surface area contributed by atoms with E-state index in [1.165, 1.54) is 16.9 Å². The van der Waals surface area contributed by atoms with Crippen LogP contribution in [-0.4, -0.2) is 59.1 Å². The van der Waals surface area contributed by atoms with Crippen LogP contribution in [0.15, 0.2) is 18.2 Å². The van der Waals surface area contributed by atoms with E-state index in [0.29, 0.717) is 49.8 Å². The van der Waals surface area contributed by atoms with Gasteiger partial charge in [0.25, 0.3) is 0 Å². The Morgan fingerprint density at radius 1 is 1.48 bits per heavy atom. The molecular weight excluding hydrogens is 302 g/mol. The zero-order chi connectivity index (χ0) is 16.8. The molecule has 1 atom stereocenters. The molecule has 2 N–H and O–H groups in total. The van der Waals surface area contributed by atoms with Crippen molar-refractivity contribution in [2.45, 2.75) is 6.10 Å². The molecular formula is C15H21N3O5. The monoisotopic (exact) mass is 323 g/mol. The number of carbonyl (C=O) groups excluding carboxylic acids is 2. The van der Waals surface area contributed by atoms with Gasteiger partial charge < -0.3 is 24.8 Å². The molecule has 0 aromatic heterocycles. The van der Waals surface area contributed by atoms with Gasteiger partial charge in [0, 0.05) is 19.7 Å². The van der Waals surface area contributed by atoms with Crippen LogP contribution in [0.4, 0.5) is 16.2 Å². The molecule has 0 bridgehead atoms. The van der Waals surface area contributed by atoms with Gasteiger partial charge in [-0.15, -0.1) is 0 Å². The summed E-state index contributed by atoms with van der Waals surface area (Å²) in [5, 5.41) is 0. The first-order chi connectivity index (χ1) is 11.1. The molecule has 1 aliphatic rings. The normalized spacial score (nSPS) is 15.3. The molecule has 1 heterocycles. The van der Waals surface area contributed by atoms with Crippen LogP contribution in [0, 0.1) is 0 Å². The Morgan fingerprint density at radius 3 is 2.78 bits per heavy atom. The molecule has 126 valence electrons. The number of rotatable bonds is 8. The van der Waals surface area contributed by atoms with E-state index >= 15 is 0 Å². The third kappa shape index (κ3) is 3.72. The predicted molar refractivity (Wildman–Crippen MR) is 84.9 cm³/mol. The summed E-state index contributed by atoms with van der Waals surface area (Å²) < 4.78 is 15.5. The fourth-order valence-corrected chi connectivity index (χ4v) is 2.36. The summed E-state index contributed by atoms with van der Waals surface area (Å²) in [7, 11) is 3.05. The number of hydrogen-bond acceptors (Lipinski definition) is 6. The number of amides is 2. The fraction of sp³-hybridized carbons (Fsp3) is 0.467. The van der Waals surface area contributed by atoms with E-state index in [2.05, 4.69) is 0 Å². The second kappa shape index (κ2) is 7.80. The molecule has 1 unspecified atom stereocenters. The molecule has 1 fully saturated rings. The average molecular weight is 323 g/mol. The van der Waals surface area contributed by atoms with Crippen molar-refractivity contribution in [1.29, 1.82) is 0 Å². The van der Waals surface area contributed by atoms with Gasteiger partial charge in [-0.05, 0) is 12.1 Å². The number of benzene rings is 1. The van der Waals surface area contributed by atoms with Gasteiger partial charge in [-0.3, -0.25) is 9.69 Å². The van der Waals surface area contributed by atoms with Gasteiger partial charge in [0.15, 0.2) is 0 Å². The molecule has 0 spiro atoms. The SMILES string of the molecule is COc1cc(N2CCOC2=O)ccc1N(C=O)CC(CN)OC. The van der Waals surface area contributed by atoms with Gasteiger partial charge in [-0.2, -0.15) is 0 Å². The lowest BCUT2D eigenvalue weighted by atomic mass is 10.2. The predicted octanol–water partition coefficient (Wildman–Crippen LogP) is 0.588. The summed E-state index contributed by atoms with van der Waals surface area (Å²) in [6, 6.07) is 5.16. The van der Waals surface area contributed by atoms with Crippen molar-refractivity contribution >= 4 is 23.9 Å². The Labute approximate surface area is 134 Å². The average Bonchev–Trinajstić information content (AvgIpc) is 3.02. The van der Waals surface area contributed by atoms with Gasteiger partial charge >= 0.3 is 6.09 Å². The minimum Gasteiger partial charge on any atom is -0.494 e. The number of ether oxygens (including phenoxy) is 3. The Bertz CT molecular complexity index is 562. The van der Waals surface area contributed by atoms with E-state index in [0.717, 1.165) is 0 Å². The first-order valence-corrected chi connectivity index (χ1v) is 7.21. The van der Waals surface area contributed by atoms with E-state index in [1.54, 1.807) is 25.3 Å². The van der Waals surface area contributed by atoms with E-state index in [4.69, 9.17) is 19.9 Å². The van der Waals surface area contributed by atoms with E-state index < -0.39 is 6.09 Å². The molecule has 23 heavy (non-hydrogen) atoms. The maximum atomic E-state index is 11.6. The van der Waals surface area contributed by atoms with Gasteiger partial charge in [0.1, 0.15) is 12.4 Å². The number of cyclic esters (lactones) is 1. The summed E-state index contributed by atoms with van der Waals surface area (Å²) >= 11 is 0. The Balaban J connectivity index is 2.27. The topological polar surface area (TPSA) is 94.3 Å². The summed E-state index contributed by atoms with van der Waals surface area (Å²) in [4.78, 5) is 26.0. The molecule has 0 aliphatic carbocycles. The lowest BCUT2D eigenvalue weighted by molar-refractivity contribution is -0.107. The Kier molecular flexibility index (Phi) is 5.78. The van der Waals surface area contributed by atoms with Crippen molar-refractivity contribution in [3.63, 3.8) is 0 Å². The Morgan fingerprint density at radius 2 is 2.26 bits per heavy atom. The summed E-state index contributed by atoms with van der Waals surface area (Å²) in [6.45, 7) is 1.44. The van der Waals surface area contributed by atoms with Crippen molar-refractivity contribution in [3.05, 3.63) is 18.2 Å². The van der Waals surface area contributed by atoms with Crippen LogP contribution in [-0.2, 0) is 14.3 Å². The number of carbonyl (C=O) groups is 2. The zero-order valence-electron chi connectivity index (χ0n) is 13.2. The molecule has 0 radical (unpaired) electrons. The van der Waals surface area contributed by atoms with Crippen molar-refractivity contribution in [1.82, 2.24) is 0 Å². The van der Waals surface area contributed by atoms with Crippen molar-refractivity contribution in [2.24, 2.45) is 5.73 Å². The largest absolute Gasteiger partial charge is 0.494 e. The molecule has 2 amide bonds. The number of methoxy groups -OCH3 is 2. The lowest BCUT2D eigenvalue weighted by Crippen LogP contribution is -2.37. The van der Waals surface area contributed by atoms with Crippen LogP contribution in [0.5, 0.6) is 5.75 Å². The first-order valence-electron chi connectivity index (χ1n) is 7.21. The smallest absolute Gasteiger partial charge is 0.414 e. The standard InChI is InChI=1S/C15H21N3O5/c1-21-12(8-16)9-17(10-19)13-4-3-11(7-14(13)22-2)18-5-6-23-15(18)20/h3-4,7,10,12H,5-6,8-9,16H2,1-2H3. The molecule has 1 saturated heterocycles. The second-order valence-electron chi connectivity index (χ2n) is 4.97. The molecule has 8 heteroatoms. The minimum absolute atomic E-state index is 0.279. The molecule has 8 nitrogen and oxygen atoms in total. The van der Waals surface area contributed by atoms with Crippen molar-refractivity contribution < 1.29 is 23.8 Å². The number of nitrogens with two attached hydrogens (primary N) is 1. The van der Waals surface area contributed by atoms with Gasteiger partial charge in [0.05, 0.1) is 37.7 Å². The van der Waals surface area contributed by atoms with Crippen molar-refractivity contribution in [2.75, 3.05) is 50.3 Å². The first kappa shape index (κ1) is 17.0. The highest BCUT2D eigenvalue weighted by Gasteiger charge is 2.25. The highest BCUT2D eigenvalue weighted by atomic mass is 16.6. The van der Waals surface area contributed by atoms with Crippen LogP contribution in [0.1, 0.15) is 0 Å². The quantitative estimate of drug-likeness (QED) is 0.704. The van der Waals surface area contributed by atoms with Crippen LogP contribution >= 0.6 is 0 Å². The van der Waals surface area contributed by atoms with Crippen LogP contribution in [0.25, 0.3) is 0 Å². The Hall–Kier alpha value is -2.32.